The van der Waals surface area contributed by atoms with Crippen molar-refractivity contribution in [3.63, 3.8) is 0 Å². The van der Waals surface area contributed by atoms with Crippen LogP contribution in [-0.4, -0.2) is 43.1 Å². The Labute approximate surface area is 112 Å². The molecule has 2 heterocycles. The molecular weight excluding hydrogens is 257 g/mol. The largest absolute Gasteiger partial charge is 0.354 e. The van der Waals surface area contributed by atoms with E-state index in [4.69, 9.17) is 23.2 Å². The standard InChI is InChI=1S/C12H17Cl2N3/c1-16-3-2-4-17(6-5-16)12-11(14)7-10(8-13)9-15-12/h7,9H,2-6,8H2,1H3. The molecule has 0 N–H and O–H groups in total. The van der Waals surface area contributed by atoms with Crippen LogP contribution < -0.4 is 4.90 Å². The molecule has 1 saturated heterocycles. The fourth-order valence-corrected chi connectivity index (χ4v) is 2.49. The second-order valence-electron chi connectivity index (χ2n) is 4.43. The molecule has 94 valence electrons. The van der Waals surface area contributed by atoms with Gasteiger partial charge in [0.2, 0.25) is 0 Å². The van der Waals surface area contributed by atoms with Crippen molar-refractivity contribution in [1.29, 1.82) is 0 Å². The average molecular weight is 274 g/mol. The average Bonchev–Trinajstić information content (AvgIpc) is 2.54. The fraction of sp³-hybridized carbons (Fsp3) is 0.583. The summed E-state index contributed by atoms with van der Waals surface area (Å²) in [6.45, 7) is 4.17. The lowest BCUT2D eigenvalue weighted by Gasteiger charge is -2.22. The Balaban J connectivity index is 2.15. The van der Waals surface area contributed by atoms with Gasteiger partial charge in [0.15, 0.2) is 0 Å². The van der Waals surface area contributed by atoms with E-state index in [1.165, 1.54) is 0 Å². The Morgan fingerprint density at radius 3 is 2.82 bits per heavy atom. The van der Waals surface area contributed by atoms with Gasteiger partial charge < -0.3 is 9.80 Å². The number of halogens is 2. The fourth-order valence-electron chi connectivity index (χ4n) is 2.03. The van der Waals surface area contributed by atoms with Gasteiger partial charge >= 0.3 is 0 Å². The van der Waals surface area contributed by atoms with E-state index >= 15 is 0 Å². The first-order valence-corrected chi connectivity index (χ1v) is 6.76. The van der Waals surface area contributed by atoms with E-state index in [-0.39, 0.29) is 0 Å². The lowest BCUT2D eigenvalue weighted by Crippen LogP contribution is -2.29. The van der Waals surface area contributed by atoms with Crippen LogP contribution in [-0.2, 0) is 5.88 Å². The van der Waals surface area contributed by atoms with Gasteiger partial charge in [0.05, 0.1) is 5.02 Å². The van der Waals surface area contributed by atoms with Crippen molar-refractivity contribution in [3.8, 4) is 0 Å². The molecule has 0 atom stereocenters. The predicted octanol–water partition coefficient (Wildman–Crippen LogP) is 2.62. The van der Waals surface area contributed by atoms with Crippen molar-refractivity contribution in [3.05, 3.63) is 22.8 Å². The Morgan fingerprint density at radius 2 is 2.12 bits per heavy atom. The SMILES string of the molecule is CN1CCCN(c2ncc(CCl)cc2Cl)CC1. The van der Waals surface area contributed by atoms with Crippen LogP contribution in [0.25, 0.3) is 0 Å². The zero-order valence-electron chi connectivity index (χ0n) is 9.99. The summed E-state index contributed by atoms with van der Waals surface area (Å²) in [5.74, 6) is 1.34. The predicted molar refractivity (Wildman–Crippen MR) is 73.1 cm³/mol. The number of pyridine rings is 1. The minimum atomic E-state index is 0.454. The Bertz CT molecular complexity index is 384. The van der Waals surface area contributed by atoms with Crippen molar-refractivity contribution in [2.75, 3.05) is 38.1 Å². The molecule has 1 aromatic rings. The quantitative estimate of drug-likeness (QED) is 0.773. The molecule has 0 unspecified atom stereocenters. The Hall–Kier alpha value is -0.510. The number of rotatable bonds is 2. The van der Waals surface area contributed by atoms with Gasteiger partial charge in [0.1, 0.15) is 5.82 Å². The molecule has 5 heteroatoms. The molecule has 0 amide bonds. The summed E-state index contributed by atoms with van der Waals surface area (Å²) in [6, 6.07) is 1.91. The second kappa shape index (κ2) is 5.89. The van der Waals surface area contributed by atoms with Crippen LogP contribution in [0.4, 0.5) is 5.82 Å². The first-order chi connectivity index (χ1) is 8.20. The van der Waals surface area contributed by atoms with Gasteiger partial charge in [0, 0.05) is 31.7 Å². The van der Waals surface area contributed by atoms with Gasteiger partial charge in [-0.2, -0.15) is 0 Å². The van der Waals surface area contributed by atoms with E-state index in [1.54, 1.807) is 0 Å². The molecule has 1 fully saturated rings. The molecule has 0 radical (unpaired) electrons. The van der Waals surface area contributed by atoms with Gasteiger partial charge in [0.25, 0.3) is 0 Å². The van der Waals surface area contributed by atoms with Crippen LogP contribution in [0.5, 0.6) is 0 Å². The highest BCUT2D eigenvalue weighted by molar-refractivity contribution is 6.33. The van der Waals surface area contributed by atoms with Gasteiger partial charge in [-0.1, -0.05) is 11.6 Å². The van der Waals surface area contributed by atoms with E-state index in [9.17, 15) is 0 Å². The molecule has 0 bridgehead atoms. The van der Waals surface area contributed by atoms with Gasteiger partial charge in [-0.25, -0.2) is 4.98 Å². The molecule has 0 aliphatic carbocycles. The van der Waals surface area contributed by atoms with Crippen molar-refractivity contribution < 1.29 is 0 Å². The van der Waals surface area contributed by atoms with E-state index in [0.717, 1.165) is 44.0 Å². The lowest BCUT2D eigenvalue weighted by atomic mass is 10.3. The maximum Gasteiger partial charge on any atom is 0.147 e. The molecular formula is C12H17Cl2N3. The summed E-state index contributed by atoms with van der Waals surface area (Å²) in [7, 11) is 2.15. The topological polar surface area (TPSA) is 19.4 Å². The minimum absolute atomic E-state index is 0.454. The highest BCUT2D eigenvalue weighted by atomic mass is 35.5. The first-order valence-electron chi connectivity index (χ1n) is 5.84. The summed E-state index contributed by atoms with van der Waals surface area (Å²) < 4.78 is 0. The molecule has 0 saturated carbocycles. The van der Waals surface area contributed by atoms with E-state index in [0.29, 0.717) is 10.9 Å². The zero-order valence-corrected chi connectivity index (χ0v) is 11.5. The molecule has 3 nitrogen and oxygen atoms in total. The number of anilines is 1. The second-order valence-corrected chi connectivity index (χ2v) is 5.10. The summed E-state index contributed by atoms with van der Waals surface area (Å²) in [6.07, 6.45) is 2.95. The van der Waals surface area contributed by atoms with Crippen LogP contribution in [0.15, 0.2) is 12.3 Å². The third-order valence-corrected chi connectivity index (χ3v) is 3.64. The van der Waals surface area contributed by atoms with Crippen molar-refractivity contribution in [2.24, 2.45) is 0 Å². The molecule has 0 aromatic carbocycles. The highest BCUT2D eigenvalue weighted by Gasteiger charge is 2.16. The molecule has 1 aromatic heterocycles. The summed E-state index contributed by atoms with van der Waals surface area (Å²) >= 11 is 12.0. The van der Waals surface area contributed by atoms with Crippen LogP contribution >= 0.6 is 23.2 Å². The van der Waals surface area contributed by atoms with Gasteiger partial charge in [-0.05, 0) is 31.6 Å². The van der Waals surface area contributed by atoms with Gasteiger partial charge in [-0.3, -0.25) is 0 Å². The zero-order chi connectivity index (χ0) is 12.3. The summed E-state index contributed by atoms with van der Waals surface area (Å²) in [4.78, 5) is 9.02. The van der Waals surface area contributed by atoms with E-state index in [1.807, 2.05) is 12.3 Å². The van der Waals surface area contributed by atoms with Crippen LogP contribution in [0.2, 0.25) is 5.02 Å². The molecule has 2 rings (SSSR count). The van der Waals surface area contributed by atoms with Crippen molar-refractivity contribution >= 4 is 29.0 Å². The third kappa shape index (κ3) is 3.24. The van der Waals surface area contributed by atoms with Gasteiger partial charge in [-0.15, -0.1) is 11.6 Å². The van der Waals surface area contributed by atoms with Crippen LogP contribution in [0.3, 0.4) is 0 Å². The molecule has 17 heavy (non-hydrogen) atoms. The van der Waals surface area contributed by atoms with E-state index < -0.39 is 0 Å². The number of hydrogen-bond acceptors (Lipinski definition) is 3. The number of likely N-dealkylation sites (N-methyl/N-ethyl adjacent to an activating group) is 1. The number of alkyl halides is 1. The maximum atomic E-state index is 6.25. The molecule has 1 aliphatic rings. The molecule has 1 aliphatic heterocycles. The van der Waals surface area contributed by atoms with Crippen molar-refractivity contribution in [1.82, 2.24) is 9.88 Å². The van der Waals surface area contributed by atoms with Crippen LogP contribution in [0.1, 0.15) is 12.0 Å². The van der Waals surface area contributed by atoms with Crippen LogP contribution in [0, 0.1) is 0 Å². The third-order valence-electron chi connectivity index (χ3n) is 3.05. The number of aromatic nitrogens is 1. The first kappa shape index (κ1) is 12.9. The smallest absolute Gasteiger partial charge is 0.147 e. The normalized spacial score (nSPS) is 18.2. The monoisotopic (exact) mass is 273 g/mol. The van der Waals surface area contributed by atoms with Crippen molar-refractivity contribution in [2.45, 2.75) is 12.3 Å². The highest BCUT2D eigenvalue weighted by Crippen LogP contribution is 2.25. The lowest BCUT2D eigenvalue weighted by molar-refractivity contribution is 0.360. The van der Waals surface area contributed by atoms with E-state index in [2.05, 4.69) is 21.8 Å². The summed E-state index contributed by atoms with van der Waals surface area (Å²) in [5, 5.41) is 0.702. The number of hydrogen-bond donors (Lipinski definition) is 0. The Kier molecular flexibility index (Phi) is 4.48. The maximum absolute atomic E-state index is 6.25. The minimum Gasteiger partial charge on any atom is -0.354 e. The number of nitrogens with zero attached hydrogens (tertiary/aromatic N) is 3. The Morgan fingerprint density at radius 1 is 1.29 bits per heavy atom. The summed E-state index contributed by atoms with van der Waals surface area (Å²) in [5.41, 5.74) is 0.965. The molecule has 0 spiro atoms.